The number of hydrogen-bond acceptors (Lipinski definition) is 4. The lowest BCUT2D eigenvalue weighted by molar-refractivity contribution is -0.143. The van der Waals surface area contributed by atoms with Gasteiger partial charge in [0.05, 0.1) is 7.11 Å². The molecule has 1 aliphatic rings. The SMILES string of the molecule is COc1ccsc1C(=O)N1CCc2ccccc2[C@@H]1C(=O)O. The van der Waals surface area contributed by atoms with Gasteiger partial charge in [-0.2, -0.15) is 0 Å². The Morgan fingerprint density at radius 1 is 1.32 bits per heavy atom. The van der Waals surface area contributed by atoms with Crippen molar-refractivity contribution in [2.24, 2.45) is 0 Å². The average Bonchev–Trinajstić information content (AvgIpc) is 3.01. The Labute approximate surface area is 131 Å². The number of benzene rings is 1. The van der Waals surface area contributed by atoms with E-state index in [0.29, 0.717) is 29.2 Å². The minimum Gasteiger partial charge on any atom is -0.495 e. The summed E-state index contributed by atoms with van der Waals surface area (Å²) < 4.78 is 5.18. The van der Waals surface area contributed by atoms with Crippen molar-refractivity contribution in [3.05, 3.63) is 51.7 Å². The molecule has 1 aromatic heterocycles. The van der Waals surface area contributed by atoms with E-state index in [4.69, 9.17) is 4.74 Å². The van der Waals surface area contributed by atoms with Crippen molar-refractivity contribution in [2.45, 2.75) is 12.5 Å². The lowest BCUT2D eigenvalue weighted by Crippen LogP contribution is -2.43. The van der Waals surface area contributed by atoms with Crippen LogP contribution in [0.1, 0.15) is 26.8 Å². The van der Waals surface area contributed by atoms with Crippen molar-refractivity contribution < 1.29 is 19.4 Å². The summed E-state index contributed by atoms with van der Waals surface area (Å²) in [6, 6.07) is 8.14. The molecule has 1 aliphatic heterocycles. The molecule has 5 nitrogen and oxygen atoms in total. The predicted octanol–water partition coefficient (Wildman–Crippen LogP) is 2.58. The van der Waals surface area contributed by atoms with Crippen molar-refractivity contribution in [3.8, 4) is 5.75 Å². The number of methoxy groups -OCH3 is 1. The number of carbonyl (C=O) groups is 2. The first kappa shape index (κ1) is 14.6. The molecule has 2 aromatic rings. The van der Waals surface area contributed by atoms with E-state index < -0.39 is 12.0 Å². The van der Waals surface area contributed by atoms with Gasteiger partial charge in [-0.05, 0) is 29.0 Å². The van der Waals surface area contributed by atoms with Crippen LogP contribution in [-0.4, -0.2) is 35.5 Å². The number of carboxylic acid groups (broad SMARTS) is 1. The third-order valence-electron chi connectivity index (χ3n) is 3.82. The first-order chi connectivity index (χ1) is 10.6. The van der Waals surface area contributed by atoms with Crippen LogP contribution in [0.25, 0.3) is 0 Å². The fourth-order valence-electron chi connectivity index (χ4n) is 2.80. The van der Waals surface area contributed by atoms with Gasteiger partial charge in [-0.25, -0.2) is 4.79 Å². The van der Waals surface area contributed by atoms with E-state index in [1.807, 2.05) is 12.1 Å². The summed E-state index contributed by atoms with van der Waals surface area (Å²) >= 11 is 1.26. The van der Waals surface area contributed by atoms with Crippen LogP contribution in [0.4, 0.5) is 0 Å². The number of aliphatic carboxylic acids is 1. The zero-order valence-electron chi connectivity index (χ0n) is 12.0. The second-order valence-electron chi connectivity index (χ2n) is 5.01. The molecule has 6 heteroatoms. The first-order valence-corrected chi connectivity index (χ1v) is 7.74. The number of hydrogen-bond donors (Lipinski definition) is 1. The van der Waals surface area contributed by atoms with Crippen LogP contribution in [-0.2, 0) is 11.2 Å². The molecule has 0 spiro atoms. The van der Waals surface area contributed by atoms with Gasteiger partial charge in [0, 0.05) is 6.54 Å². The van der Waals surface area contributed by atoms with Crippen molar-refractivity contribution in [1.82, 2.24) is 4.90 Å². The molecule has 0 unspecified atom stereocenters. The van der Waals surface area contributed by atoms with E-state index in [1.165, 1.54) is 23.3 Å². The summed E-state index contributed by atoms with van der Waals surface area (Å²) in [6.07, 6.45) is 0.652. The molecule has 1 aromatic carbocycles. The third kappa shape index (κ3) is 2.35. The highest BCUT2D eigenvalue weighted by Crippen LogP contribution is 2.34. The molecule has 0 fully saturated rings. The fraction of sp³-hybridized carbons (Fsp3) is 0.250. The Hall–Kier alpha value is -2.34. The molecule has 1 N–H and O–H groups in total. The van der Waals surface area contributed by atoms with Crippen LogP contribution in [0.5, 0.6) is 5.75 Å². The quantitative estimate of drug-likeness (QED) is 0.945. The van der Waals surface area contributed by atoms with Gasteiger partial charge >= 0.3 is 5.97 Å². The van der Waals surface area contributed by atoms with E-state index in [1.54, 1.807) is 23.6 Å². The molecule has 1 amide bonds. The van der Waals surface area contributed by atoms with E-state index in [-0.39, 0.29) is 5.91 Å². The molecule has 0 saturated carbocycles. The molecular weight excluding hydrogens is 302 g/mol. The second-order valence-corrected chi connectivity index (χ2v) is 5.92. The number of amides is 1. The van der Waals surface area contributed by atoms with Gasteiger partial charge in [-0.15, -0.1) is 11.3 Å². The standard InChI is InChI=1S/C16H15NO4S/c1-21-12-7-9-22-14(12)15(18)17-8-6-10-4-2-3-5-11(10)13(17)16(19)20/h2-5,7,9,13H,6,8H2,1H3,(H,19,20)/t13-/m1/s1. The third-order valence-corrected chi connectivity index (χ3v) is 4.71. The number of nitrogens with zero attached hydrogens (tertiary/aromatic N) is 1. The Morgan fingerprint density at radius 2 is 2.09 bits per heavy atom. The van der Waals surface area contributed by atoms with Crippen molar-refractivity contribution in [1.29, 1.82) is 0 Å². The molecule has 2 heterocycles. The summed E-state index contributed by atoms with van der Waals surface area (Å²) in [5, 5.41) is 11.4. The lowest BCUT2D eigenvalue weighted by atomic mass is 9.92. The molecule has 1 atom stereocenters. The maximum atomic E-state index is 12.8. The highest BCUT2D eigenvalue weighted by molar-refractivity contribution is 7.12. The molecular formula is C16H15NO4S. The Bertz CT molecular complexity index is 724. The number of rotatable bonds is 3. The number of carbonyl (C=O) groups excluding carboxylic acids is 1. The van der Waals surface area contributed by atoms with Crippen molar-refractivity contribution in [3.63, 3.8) is 0 Å². The van der Waals surface area contributed by atoms with Gasteiger partial charge in [-0.3, -0.25) is 4.79 Å². The maximum Gasteiger partial charge on any atom is 0.331 e. The number of ether oxygens (including phenoxy) is 1. The van der Waals surface area contributed by atoms with Crippen LogP contribution in [0.15, 0.2) is 35.7 Å². The van der Waals surface area contributed by atoms with Gasteiger partial charge in [0.2, 0.25) is 0 Å². The number of thiophene rings is 1. The monoisotopic (exact) mass is 317 g/mol. The Kier molecular flexibility index (Phi) is 3.85. The summed E-state index contributed by atoms with van der Waals surface area (Å²) in [5.74, 6) is -0.831. The number of carboxylic acids is 1. The predicted molar refractivity (Wildman–Crippen MR) is 82.4 cm³/mol. The second kappa shape index (κ2) is 5.81. The van der Waals surface area contributed by atoms with Crippen LogP contribution in [0.2, 0.25) is 0 Å². The highest BCUT2D eigenvalue weighted by atomic mass is 32.1. The molecule has 0 radical (unpaired) electrons. The Morgan fingerprint density at radius 3 is 2.82 bits per heavy atom. The van der Waals surface area contributed by atoms with Crippen LogP contribution < -0.4 is 4.74 Å². The molecule has 22 heavy (non-hydrogen) atoms. The Balaban J connectivity index is 2.00. The summed E-state index contributed by atoms with van der Waals surface area (Å²) in [5.41, 5.74) is 1.67. The molecule has 3 rings (SSSR count). The van der Waals surface area contributed by atoms with Crippen LogP contribution >= 0.6 is 11.3 Å². The zero-order chi connectivity index (χ0) is 15.7. The normalized spacial score (nSPS) is 17.0. The van der Waals surface area contributed by atoms with Gasteiger partial charge in [0.25, 0.3) is 5.91 Å². The van der Waals surface area contributed by atoms with E-state index in [2.05, 4.69) is 0 Å². The van der Waals surface area contributed by atoms with Crippen LogP contribution in [0.3, 0.4) is 0 Å². The molecule has 0 saturated heterocycles. The topological polar surface area (TPSA) is 66.8 Å². The summed E-state index contributed by atoms with van der Waals surface area (Å²) in [7, 11) is 1.50. The lowest BCUT2D eigenvalue weighted by Gasteiger charge is -2.34. The number of fused-ring (bicyclic) bond motifs is 1. The molecule has 0 bridgehead atoms. The zero-order valence-corrected chi connectivity index (χ0v) is 12.8. The minimum absolute atomic E-state index is 0.297. The smallest absolute Gasteiger partial charge is 0.331 e. The summed E-state index contributed by atoms with van der Waals surface area (Å²) in [6.45, 7) is 0.383. The first-order valence-electron chi connectivity index (χ1n) is 6.86. The van der Waals surface area contributed by atoms with Crippen molar-refractivity contribution >= 4 is 23.2 Å². The van der Waals surface area contributed by atoms with Crippen molar-refractivity contribution in [2.75, 3.05) is 13.7 Å². The summed E-state index contributed by atoms with van der Waals surface area (Å²) in [4.78, 5) is 26.3. The fourth-order valence-corrected chi connectivity index (χ4v) is 3.61. The molecule has 114 valence electrons. The van der Waals surface area contributed by atoms with Gasteiger partial charge in [-0.1, -0.05) is 24.3 Å². The van der Waals surface area contributed by atoms with Gasteiger partial charge in [0.15, 0.2) is 6.04 Å². The maximum absolute atomic E-state index is 12.8. The highest BCUT2D eigenvalue weighted by Gasteiger charge is 2.37. The van der Waals surface area contributed by atoms with Gasteiger partial charge in [0.1, 0.15) is 10.6 Å². The minimum atomic E-state index is -1.02. The van der Waals surface area contributed by atoms with E-state index in [0.717, 1.165) is 5.56 Å². The van der Waals surface area contributed by atoms with Crippen LogP contribution in [0, 0.1) is 0 Å². The van der Waals surface area contributed by atoms with E-state index in [9.17, 15) is 14.7 Å². The average molecular weight is 317 g/mol. The van der Waals surface area contributed by atoms with Gasteiger partial charge < -0.3 is 14.7 Å². The molecule has 0 aliphatic carbocycles. The van der Waals surface area contributed by atoms with E-state index >= 15 is 0 Å². The largest absolute Gasteiger partial charge is 0.495 e.